The number of pyridine rings is 1. The van der Waals surface area contributed by atoms with Crippen molar-refractivity contribution in [2.75, 3.05) is 14.2 Å². The van der Waals surface area contributed by atoms with E-state index in [1.807, 2.05) is 0 Å². The molecule has 0 saturated heterocycles. The van der Waals surface area contributed by atoms with E-state index in [-0.39, 0.29) is 11.3 Å². The molecule has 0 fully saturated rings. The summed E-state index contributed by atoms with van der Waals surface area (Å²) in [5, 5.41) is 3.93. The van der Waals surface area contributed by atoms with E-state index in [9.17, 15) is 9.59 Å². The predicted octanol–water partition coefficient (Wildman–Crippen LogP) is 1.61. The molecule has 0 radical (unpaired) electrons. The molecule has 1 aromatic carbocycles. The zero-order valence-electron chi connectivity index (χ0n) is 15.2. The van der Waals surface area contributed by atoms with Gasteiger partial charge in [-0.2, -0.15) is 5.10 Å². The van der Waals surface area contributed by atoms with Gasteiger partial charge in [-0.15, -0.1) is 0 Å². The number of amides is 1. The molecule has 0 bridgehead atoms. The van der Waals surface area contributed by atoms with Gasteiger partial charge in [-0.1, -0.05) is 0 Å². The highest BCUT2D eigenvalue weighted by Crippen LogP contribution is 2.21. The van der Waals surface area contributed by atoms with Gasteiger partial charge in [-0.3, -0.25) is 14.6 Å². The maximum Gasteiger partial charge on any atom is 0.291 e. The number of hydrazone groups is 1. The Bertz CT molecular complexity index is 1040. The first-order valence-corrected chi connectivity index (χ1v) is 8.16. The van der Waals surface area contributed by atoms with E-state index < -0.39 is 5.91 Å². The third kappa shape index (κ3) is 4.58. The van der Waals surface area contributed by atoms with E-state index in [0.717, 1.165) is 0 Å². The fourth-order valence-corrected chi connectivity index (χ4v) is 2.31. The SMILES string of the molecule is COc1cc(/C=N/NC(=O)c2cncc(-c3ccc(=O)[nH]c3)n2)cc(OC)c1. The molecule has 0 aliphatic heterocycles. The molecule has 0 aliphatic carbocycles. The van der Waals surface area contributed by atoms with Crippen molar-refractivity contribution in [3.05, 3.63) is 70.5 Å². The Morgan fingerprint density at radius 3 is 2.54 bits per heavy atom. The minimum Gasteiger partial charge on any atom is -0.497 e. The molecule has 9 heteroatoms. The summed E-state index contributed by atoms with van der Waals surface area (Å²) in [5.74, 6) is 0.683. The topological polar surface area (TPSA) is 119 Å². The lowest BCUT2D eigenvalue weighted by Crippen LogP contribution is -2.19. The number of methoxy groups -OCH3 is 2. The van der Waals surface area contributed by atoms with Crippen LogP contribution < -0.4 is 20.5 Å². The fraction of sp³-hybridized carbons (Fsp3) is 0.105. The minimum atomic E-state index is -0.523. The third-order valence-electron chi connectivity index (χ3n) is 3.70. The molecule has 0 atom stereocenters. The number of hydrogen-bond acceptors (Lipinski definition) is 7. The Hall–Kier alpha value is -4.01. The van der Waals surface area contributed by atoms with Crippen molar-refractivity contribution in [2.45, 2.75) is 0 Å². The maximum absolute atomic E-state index is 12.3. The summed E-state index contributed by atoms with van der Waals surface area (Å²) in [4.78, 5) is 34.2. The van der Waals surface area contributed by atoms with Crippen molar-refractivity contribution in [1.29, 1.82) is 0 Å². The van der Waals surface area contributed by atoms with E-state index >= 15 is 0 Å². The molecule has 2 aromatic heterocycles. The van der Waals surface area contributed by atoms with E-state index in [1.54, 1.807) is 38.5 Å². The van der Waals surface area contributed by atoms with E-state index in [4.69, 9.17) is 9.47 Å². The summed E-state index contributed by atoms with van der Waals surface area (Å²) in [6.45, 7) is 0. The van der Waals surface area contributed by atoms with Crippen LogP contribution in [0.3, 0.4) is 0 Å². The Kier molecular flexibility index (Phi) is 5.75. The fourth-order valence-electron chi connectivity index (χ4n) is 2.31. The lowest BCUT2D eigenvalue weighted by Gasteiger charge is -2.05. The van der Waals surface area contributed by atoms with Crippen molar-refractivity contribution < 1.29 is 14.3 Å². The second kappa shape index (κ2) is 8.58. The average Bonchev–Trinajstić information content (AvgIpc) is 2.74. The van der Waals surface area contributed by atoms with E-state index in [0.29, 0.717) is 28.3 Å². The van der Waals surface area contributed by atoms with Crippen LogP contribution >= 0.6 is 0 Å². The molecule has 3 rings (SSSR count). The maximum atomic E-state index is 12.3. The number of aromatic nitrogens is 3. The summed E-state index contributed by atoms with van der Waals surface area (Å²) in [7, 11) is 3.09. The quantitative estimate of drug-likeness (QED) is 0.496. The lowest BCUT2D eigenvalue weighted by molar-refractivity contribution is 0.0950. The molecular formula is C19H17N5O4. The van der Waals surface area contributed by atoms with Gasteiger partial charge in [0.05, 0.1) is 38.5 Å². The lowest BCUT2D eigenvalue weighted by atomic mass is 10.2. The molecule has 2 heterocycles. The van der Waals surface area contributed by atoms with Crippen LogP contribution in [0.25, 0.3) is 11.3 Å². The second-order valence-electron chi connectivity index (χ2n) is 5.58. The Balaban J connectivity index is 1.73. The summed E-state index contributed by atoms with van der Waals surface area (Å²) in [6.07, 6.45) is 5.79. The highest BCUT2D eigenvalue weighted by atomic mass is 16.5. The average molecular weight is 379 g/mol. The van der Waals surface area contributed by atoms with Gasteiger partial charge in [0.15, 0.2) is 0 Å². The van der Waals surface area contributed by atoms with Crippen LogP contribution in [0.2, 0.25) is 0 Å². The molecule has 9 nitrogen and oxygen atoms in total. The van der Waals surface area contributed by atoms with Crippen LogP contribution in [-0.4, -0.2) is 41.3 Å². The van der Waals surface area contributed by atoms with Crippen LogP contribution in [0.5, 0.6) is 11.5 Å². The zero-order chi connectivity index (χ0) is 19.9. The Morgan fingerprint density at radius 2 is 1.89 bits per heavy atom. The van der Waals surface area contributed by atoms with Crippen molar-refractivity contribution in [3.8, 4) is 22.8 Å². The number of carbonyl (C=O) groups is 1. The first-order chi connectivity index (χ1) is 13.6. The van der Waals surface area contributed by atoms with Gasteiger partial charge in [0.2, 0.25) is 5.56 Å². The van der Waals surface area contributed by atoms with Crippen molar-refractivity contribution in [3.63, 3.8) is 0 Å². The van der Waals surface area contributed by atoms with Gasteiger partial charge in [-0.25, -0.2) is 10.4 Å². The number of ether oxygens (including phenoxy) is 2. The van der Waals surface area contributed by atoms with Crippen LogP contribution in [0, 0.1) is 0 Å². The number of carbonyl (C=O) groups excluding carboxylic acids is 1. The first kappa shape index (κ1) is 18.8. The third-order valence-corrected chi connectivity index (χ3v) is 3.70. The van der Waals surface area contributed by atoms with Crippen molar-refractivity contribution in [1.82, 2.24) is 20.4 Å². The second-order valence-corrected chi connectivity index (χ2v) is 5.58. The summed E-state index contributed by atoms with van der Waals surface area (Å²) in [6, 6.07) is 8.19. The van der Waals surface area contributed by atoms with Gasteiger partial charge < -0.3 is 14.5 Å². The molecule has 1 amide bonds. The standard InChI is InChI=1S/C19H17N5O4/c1-27-14-5-12(6-15(7-14)28-2)8-22-24-19(26)17-11-20-10-16(23-17)13-3-4-18(25)21-9-13/h3-11H,1-2H3,(H,21,25)(H,24,26)/b22-8+. The van der Waals surface area contributed by atoms with Gasteiger partial charge in [0, 0.05) is 29.5 Å². The molecular weight excluding hydrogens is 362 g/mol. The molecule has 0 unspecified atom stereocenters. The van der Waals surface area contributed by atoms with Crippen LogP contribution in [0.1, 0.15) is 16.1 Å². The molecule has 0 aliphatic rings. The van der Waals surface area contributed by atoms with Gasteiger partial charge in [-0.05, 0) is 18.2 Å². The minimum absolute atomic E-state index is 0.0871. The van der Waals surface area contributed by atoms with Gasteiger partial charge >= 0.3 is 0 Å². The number of aromatic amines is 1. The predicted molar refractivity (Wildman–Crippen MR) is 103 cm³/mol. The van der Waals surface area contributed by atoms with Gasteiger partial charge in [0.1, 0.15) is 17.2 Å². The van der Waals surface area contributed by atoms with Crippen molar-refractivity contribution in [2.24, 2.45) is 5.10 Å². The van der Waals surface area contributed by atoms with Gasteiger partial charge in [0.25, 0.3) is 5.91 Å². The smallest absolute Gasteiger partial charge is 0.291 e. The number of nitrogens with zero attached hydrogens (tertiary/aromatic N) is 3. The monoisotopic (exact) mass is 379 g/mol. The normalized spacial score (nSPS) is 10.6. The van der Waals surface area contributed by atoms with Crippen LogP contribution in [0.4, 0.5) is 0 Å². The first-order valence-electron chi connectivity index (χ1n) is 8.16. The number of nitrogens with one attached hydrogen (secondary N) is 2. The summed E-state index contributed by atoms with van der Waals surface area (Å²) < 4.78 is 10.4. The number of benzene rings is 1. The number of hydrogen-bond donors (Lipinski definition) is 2. The molecule has 2 N–H and O–H groups in total. The van der Waals surface area contributed by atoms with Crippen LogP contribution in [-0.2, 0) is 0 Å². The summed E-state index contributed by atoms with van der Waals surface area (Å²) >= 11 is 0. The van der Waals surface area contributed by atoms with E-state index in [1.165, 1.54) is 30.9 Å². The molecule has 28 heavy (non-hydrogen) atoms. The summed E-state index contributed by atoms with van der Waals surface area (Å²) in [5.41, 5.74) is 4.03. The number of rotatable bonds is 6. The Morgan fingerprint density at radius 1 is 1.14 bits per heavy atom. The number of H-pyrrole nitrogens is 1. The molecule has 3 aromatic rings. The molecule has 0 spiro atoms. The zero-order valence-corrected chi connectivity index (χ0v) is 15.2. The van der Waals surface area contributed by atoms with Crippen LogP contribution in [0.15, 0.2) is 58.8 Å². The van der Waals surface area contributed by atoms with Crippen molar-refractivity contribution >= 4 is 12.1 Å². The van der Waals surface area contributed by atoms with E-state index in [2.05, 4.69) is 25.5 Å². The highest BCUT2D eigenvalue weighted by Gasteiger charge is 2.09. The molecule has 0 saturated carbocycles. The molecule has 142 valence electrons. The Labute approximate surface area is 160 Å². The highest BCUT2D eigenvalue weighted by molar-refractivity contribution is 5.93. The largest absolute Gasteiger partial charge is 0.497 e.